The van der Waals surface area contributed by atoms with Crippen molar-refractivity contribution in [1.82, 2.24) is 0 Å². The molecule has 2 atom stereocenters. The first-order chi connectivity index (χ1) is 19.2. The van der Waals surface area contributed by atoms with Crippen molar-refractivity contribution >= 4 is 15.8 Å². The summed E-state index contributed by atoms with van der Waals surface area (Å²) >= 11 is 0. The molecule has 6 nitrogen and oxygen atoms in total. The van der Waals surface area contributed by atoms with E-state index in [1.165, 1.54) is 28.5 Å². The van der Waals surface area contributed by atoms with Crippen LogP contribution in [0, 0.1) is 12.8 Å². The Morgan fingerprint density at radius 2 is 1.73 bits per heavy atom. The van der Waals surface area contributed by atoms with E-state index in [9.17, 15) is 13.2 Å². The van der Waals surface area contributed by atoms with E-state index in [-0.39, 0.29) is 23.6 Å². The highest BCUT2D eigenvalue weighted by Gasteiger charge is 2.45. The lowest BCUT2D eigenvalue weighted by Gasteiger charge is -2.17. The molecule has 0 bridgehead atoms. The highest BCUT2D eigenvalue weighted by molar-refractivity contribution is 7.90. The average Bonchev–Trinajstić information content (AvgIpc) is 3.73. The molecule has 5 rings (SSSR count). The van der Waals surface area contributed by atoms with Gasteiger partial charge in [0.05, 0.1) is 24.9 Å². The molecule has 0 aromatic heterocycles. The number of rotatable bonds is 11. The van der Waals surface area contributed by atoms with E-state index in [1.54, 1.807) is 0 Å². The lowest BCUT2D eigenvalue weighted by atomic mass is 9.91. The Morgan fingerprint density at radius 3 is 2.48 bits per heavy atom. The van der Waals surface area contributed by atoms with Crippen LogP contribution in [-0.2, 0) is 38.8 Å². The highest BCUT2D eigenvalue weighted by Crippen LogP contribution is 2.48. The van der Waals surface area contributed by atoms with Crippen LogP contribution in [0.5, 0.6) is 11.5 Å². The third-order valence-corrected chi connectivity index (χ3v) is 8.78. The van der Waals surface area contributed by atoms with E-state index >= 15 is 0 Å². The number of hydrogen-bond acceptors (Lipinski definition) is 6. The van der Waals surface area contributed by atoms with Crippen molar-refractivity contribution in [3.63, 3.8) is 0 Å². The predicted octanol–water partition coefficient (Wildman–Crippen LogP) is 6.21. The third kappa shape index (κ3) is 6.87. The van der Waals surface area contributed by atoms with E-state index in [1.807, 2.05) is 19.1 Å². The number of aryl methyl sites for hydroxylation is 3. The molecule has 0 N–H and O–H groups in total. The molecule has 7 heteroatoms. The smallest absolute Gasteiger partial charge is 0.309 e. The van der Waals surface area contributed by atoms with E-state index in [2.05, 4.69) is 49.4 Å². The molecule has 3 aromatic carbocycles. The van der Waals surface area contributed by atoms with Gasteiger partial charge in [0, 0.05) is 6.26 Å². The Bertz CT molecular complexity index is 1480. The van der Waals surface area contributed by atoms with Gasteiger partial charge in [0.1, 0.15) is 27.9 Å². The van der Waals surface area contributed by atoms with Crippen LogP contribution in [0.3, 0.4) is 0 Å². The quantitative estimate of drug-likeness (QED) is 0.204. The van der Waals surface area contributed by atoms with Gasteiger partial charge >= 0.3 is 5.97 Å². The van der Waals surface area contributed by atoms with Crippen molar-refractivity contribution in [2.45, 2.75) is 58.5 Å². The van der Waals surface area contributed by atoms with Gasteiger partial charge in [0.15, 0.2) is 0 Å². The number of carbonyl (C=O) groups is 1. The molecule has 0 spiro atoms. The lowest BCUT2D eigenvalue weighted by Crippen LogP contribution is -2.08. The van der Waals surface area contributed by atoms with Gasteiger partial charge < -0.3 is 14.2 Å². The zero-order chi connectivity index (χ0) is 28.3. The summed E-state index contributed by atoms with van der Waals surface area (Å²) in [7, 11) is -2.98. The zero-order valence-corrected chi connectivity index (χ0v) is 24.4. The molecule has 212 valence electrons. The number of carbonyl (C=O) groups excluding carboxylic acids is 1. The van der Waals surface area contributed by atoms with Gasteiger partial charge in [-0.15, -0.1) is 0 Å². The standard InChI is InChI=1S/C33H38O6S/c1-4-37-33(34)31-20-29(31)25-11-13-27(14-12-25)39-21-23-9-10-24-7-5-8-26-19-28(38-15-6-16-40(3,35)36)17-22(2)32(26)30(24)18-23/h9-14,17-19,29,31H,4-8,15-16,20-21H2,1-3H3/t29-,31+/m1/s1. The molecule has 2 aliphatic carbocycles. The number of esters is 1. The fourth-order valence-corrected chi connectivity index (χ4v) is 6.33. The second kappa shape index (κ2) is 12.0. The number of fused-ring (bicyclic) bond motifs is 3. The van der Waals surface area contributed by atoms with Crippen LogP contribution in [0.4, 0.5) is 0 Å². The van der Waals surface area contributed by atoms with Gasteiger partial charge in [-0.1, -0.05) is 24.3 Å². The van der Waals surface area contributed by atoms with Gasteiger partial charge in [-0.2, -0.15) is 0 Å². The monoisotopic (exact) mass is 562 g/mol. The van der Waals surface area contributed by atoms with Crippen LogP contribution < -0.4 is 9.47 Å². The molecular formula is C33H38O6S. The fourth-order valence-electron chi connectivity index (χ4n) is 5.69. The van der Waals surface area contributed by atoms with Crippen LogP contribution in [0.2, 0.25) is 0 Å². The minimum atomic E-state index is -2.98. The first kappa shape index (κ1) is 28.2. The first-order valence-corrected chi connectivity index (χ1v) is 16.2. The van der Waals surface area contributed by atoms with Crippen LogP contribution in [0.25, 0.3) is 11.1 Å². The Balaban J connectivity index is 1.25. The molecule has 2 aliphatic rings. The van der Waals surface area contributed by atoms with Gasteiger partial charge in [0.25, 0.3) is 0 Å². The topological polar surface area (TPSA) is 78.9 Å². The number of ether oxygens (including phenoxy) is 3. The second-order valence-electron chi connectivity index (χ2n) is 11.0. The van der Waals surface area contributed by atoms with Crippen molar-refractivity contribution in [2.24, 2.45) is 5.92 Å². The molecular weight excluding hydrogens is 524 g/mol. The van der Waals surface area contributed by atoms with Crippen LogP contribution in [-0.4, -0.2) is 39.6 Å². The molecule has 1 saturated carbocycles. The Labute approximate surface area is 237 Å². The van der Waals surface area contributed by atoms with Gasteiger partial charge in [-0.25, -0.2) is 8.42 Å². The molecule has 0 radical (unpaired) electrons. The maximum atomic E-state index is 12.0. The van der Waals surface area contributed by atoms with Crippen LogP contribution >= 0.6 is 0 Å². The van der Waals surface area contributed by atoms with Crippen molar-refractivity contribution in [2.75, 3.05) is 25.2 Å². The van der Waals surface area contributed by atoms with Gasteiger partial charge in [0.2, 0.25) is 0 Å². The van der Waals surface area contributed by atoms with Gasteiger partial charge in [-0.3, -0.25) is 4.79 Å². The average molecular weight is 563 g/mol. The molecule has 0 amide bonds. The summed E-state index contributed by atoms with van der Waals surface area (Å²) in [5, 5.41) is 0. The van der Waals surface area contributed by atoms with Crippen molar-refractivity contribution in [1.29, 1.82) is 0 Å². The van der Waals surface area contributed by atoms with Crippen LogP contribution in [0.1, 0.15) is 59.9 Å². The van der Waals surface area contributed by atoms with Gasteiger partial charge in [-0.05, 0) is 121 Å². The van der Waals surface area contributed by atoms with E-state index in [4.69, 9.17) is 14.2 Å². The zero-order valence-electron chi connectivity index (χ0n) is 23.6. The summed E-state index contributed by atoms with van der Waals surface area (Å²) < 4.78 is 40.1. The SMILES string of the molecule is CCOC(=O)[C@H]1C[C@@H]1c1ccc(OCc2ccc3c(c2)-c2c(C)cc(OCCCS(C)(=O)=O)cc2CCC3)cc1. The molecule has 0 heterocycles. The molecule has 0 saturated heterocycles. The Kier molecular flexibility index (Phi) is 8.50. The number of benzene rings is 3. The lowest BCUT2D eigenvalue weighted by molar-refractivity contribution is -0.144. The fraction of sp³-hybridized carbons (Fsp3) is 0.424. The number of hydrogen-bond donors (Lipinski definition) is 0. The molecule has 0 aliphatic heterocycles. The van der Waals surface area contributed by atoms with Crippen LogP contribution in [0.15, 0.2) is 54.6 Å². The molecule has 3 aromatic rings. The summed E-state index contributed by atoms with van der Waals surface area (Å²) in [6.45, 7) is 5.24. The Morgan fingerprint density at radius 1 is 0.950 bits per heavy atom. The first-order valence-electron chi connectivity index (χ1n) is 14.2. The van der Waals surface area contributed by atoms with E-state index in [0.29, 0.717) is 26.2 Å². The summed E-state index contributed by atoms with van der Waals surface area (Å²) in [5.41, 5.74) is 8.56. The molecule has 40 heavy (non-hydrogen) atoms. The summed E-state index contributed by atoms with van der Waals surface area (Å²) in [4.78, 5) is 12.0. The summed E-state index contributed by atoms with van der Waals surface area (Å²) in [6, 6.07) is 18.9. The maximum Gasteiger partial charge on any atom is 0.309 e. The van der Waals surface area contributed by atoms with Crippen molar-refractivity contribution < 1.29 is 27.4 Å². The second-order valence-corrected chi connectivity index (χ2v) is 13.3. The minimum absolute atomic E-state index is 0.0138. The summed E-state index contributed by atoms with van der Waals surface area (Å²) in [5.74, 6) is 1.88. The van der Waals surface area contributed by atoms with E-state index in [0.717, 1.165) is 53.9 Å². The predicted molar refractivity (Wildman–Crippen MR) is 157 cm³/mol. The highest BCUT2D eigenvalue weighted by atomic mass is 32.2. The minimum Gasteiger partial charge on any atom is -0.494 e. The normalized spacial score (nSPS) is 17.8. The molecule has 1 fully saturated rings. The van der Waals surface area contributed by atoms with Crippen molar-refractivity contribution in [3.8, 4) is 22.6 Å². The Hall–Kier alpha value is -3.32. The maximum absolute atomic E-state index is 12.0. The number of sulfone groups is 1. The van der Waals surface area contributed by atoms with E-state index < -0.39 is 9.84 Å². The summed E-state index contributed by atoms with van der Waals surface area (Å²) in [6.07, 6.45) is 5.65. The third-order valence-electron chi connectivity index (χ3n) is 7.75. The van der Waals surface area contributed by atoms with Crippen molar-refractivity contribution in [3.05, 3.63) is 82.4 Å². The largest absolute Gasteiger partial charge is 0.494 e. The molecule has 0 unspecified atom stereocenters.